The Morgan fingerprint density at radius 2 is 1.67 bits per heavy atom. The van der Waals surface area contributed by atoms with Crippen LogP contribution in [0.4, 0.5) is 0 Å². The van der Waals surface area contributed by atoms with E-state index in [1.54, 1.807) is 4.90 Å². The van der Waals surface area contributed by atoms with Gasteiger partial charge in [-0.3, -0.25) is 14.4 Å². The Kier molecular flexibility index (Phi) is 4.70. The number of carbonyl (C=O) groups excluding carboxylic acids is 3. The van der Waals surface area contributed by atoms with Crippen molar-refractivity contribution in [1.82, 2.24) is 15.5 Å². The normalized spacial score (nSPS) is 36.9. The van der Waals surface area contributed by atoms with E-state index in [2.05, 4.69) is 10.6 Å². The molecule has 1 spiro atoms. The van der Waals surface area contributed by atoms with Crippen molar-refractivity contribution in [1.29, 1.82) is 0 Å². The average molecular weight is 450 g/mol. The zero-order chi connectivity index (χ0) is 22.8. The Labute approximate surface area is 193 Å². The number of nitrogens with zero attached hydrogens (tertiary/aromatic N) is 1. The molecule has 0 radical (unpaired) electrons. The molecule has 2 N–H and O–H groups in total. The average Bonchev–Trinajstić information content (AvgIpc) is 3.13. The van der Waals surface area contributed by atoms with Gasteiger partial charge in [0.1, 0.15) is 11.6 Å². The summed E-state index contributed by atoms with van der Waals surface area (Å²) in [5.74, 6) is -1.83. The van der Waals surface area contributed by atoms with Gasteiger partial charge in [-0.05, 0) is 38.2 Å². The molecule has 5 aliphatic rings. The Morgan fingerprint density at radius 3 is 2.36 bits per heavy atom. The van der Waals surface area contributed by atoms with E-state index in [1.807, 2.05) is 49.4 Å². The molecule has 3 amide bonds. The number of benzene rings is 1. The van der Waals surface area contributed by atoms with Crippen molar-refractivity contribution in [3.63, 3.8) is 0 Å². The highest BCUT2D eigenvalue weighted by molar-refractivity contribution is 6.00. The van der Waals surface area contributed by atoms with Crippen LogP contribution in [0.2, 0.25) is 0 Å². The van der Waals surface area contributed by atoms with Crippen molar-refractivity contribution in [2.75, 3.05) is 0 Å². The number of nitrogens with one attached hydrogen (secondary N) is 2. The molecule has 2 bridgehead atoms. The Morgan fingerprint density at radius 1 is 1.00 bits per heavy atom. The highest BCUT2D eigenvalue weighted by atomic mass is 16.5. The lowest BCUT2D eigenvalue weighted by Crippen LogP contribution is -2.56. The number of fused-ring (bicyclic) bond motifs is 1. The van der Waals surface area contributed by atoms with Gasteiger partial charge in [0.25, 0.3) is 0 Å². The predicted molar refractivity (Wildman–Crippen MR) is 121 cm³/mol. The van der Waals surface area contributed by atoms with Gasteiger partial charge in [0.15, 0.2) is 0 Å². The third-order valence-electron chi connectivity index (χ3n) is 8.15. The standard InChI is InChI=1S/C26H31N3O4/c1-25-13-14-26(33-25)20(19(25)22(30)27-18-11-12-18)24(32)29(15-16-7-3-2-4-8-16)21(26)23(31)28-17-9-5-6-10-17/h2-4,7-8,13-14,17-21H,5-6,9-12,15H2,1H3,(H,27,30)(H,28,31)/t19-,20+,21-,25-,26-/m1/s1. The summed E-state index contributed by atoms with van der Waals surface area (Å²) in [4.78, 5) is 42.6. The summed E-state index contributed by atoms with van der Waals surface area (Å²) in [7, 11) is 0. The molecule has 0 aromatic heterocycles. The summed E-state index contributed by atoms with van der Waals surface area (Å²) in [6, 6.07) is 9.23. The smallest absolute Gasteiger partial charge is 0.246 e. The van der Waals surface area contributed by atoms with Crippen molar-refractivity contribution in [3.8, 4) is 0 Å². The molecule has 33 heavy (non-hydrogen) atoms. The summed E-state index contributed by atoms with van der Waals surface area (Å²) < 4.78 is 6.55. The lowest BCUT2D eigenvalue weighted by atomic mass is 9.70. The monoisotopic (exact) mass is 449 g/mol. The first-order valence-electron chi connectivity index (χ1n) is 12.3. The summed E-state index contributed by atoms with van der Waals surface area (Å²) in [5, 5.41) is 6.28. The van der Waals surface area contributed by atoms with Crippen LogP contribution in [0.15, 0.2) is 42.5 Å². The van der Waals surface area contributed by atoms with Crippen LogP contribution in [0.5, 0.6) is 0 Å². The second-order valence-electron chi connectivity index (χ2n) is 10.6. The molecule has 2 saturated heterocycles. The highest BCUT2D eigenvalue weighted by Crippen LogP contribution is 2.60. The van der Waals surface area contributed by atoms with E-state index in [4.69, 9.17) is 4.74 Å². The SMILES string of the molecule is C[C@]12C=C[C@@]3(O1)[C@H](C(=O)N(Cc1ccccc1)[C@@H]3C(=O)NC1CCCC1)[C@@H]2C(=O)NC1CC1. The van der Waals surface area contributed by atoms with E-state index in [-0.39, 0.29) is 29.8 Å². The number of carbonyl (C=O) groups is 3. The first-order valence-corrected chi connectivity index (χ1v) is 12.3. The molecule has 7 heteroatoms. The number of amides is 3. The highest BCUT2D eigenvalue weighted by Gasteiger charge is 2.76. The topological polar surface area (TPSA) is 87.7 Å². The van der Waals surface area contributed by atoms with Crippen molar-refractivity contribution in [2.24, 2.45) is 11.8 Å². The van der Waals surface area contributed by atoms with Crippen LogP contribution in [0.25, 0.3) is 0 Å². The van der Waals surface area contributed by atoms with Gasteiger partial charge in [-0.25, -0.2) is 0 Å². The van der Waals surface area contributed by atoms with E-state index < -0.39 is 29.1 Å². The van der Waals surface area contributed by atoms with Crippen LogP contribution < -0.4 is 10.6 Å². The minimum atomic E-state index is -1.12. The third kappa shape index (κ3) is 3.23. The second-order valence-corrected chi connectivity index (χ2v) is 10.6. The third-order valence-corrected chi connectivity index (χ3v) is 8.15. The molecule has 3 heterocycles. The lowest BCUT2D eigenvalue weighted by Gasteiger charge is -2.33. The molecule has 7 nitrogen and oxygen atoms in total. The molecule has 4 fully saturated rings. The first-order chi connectivity index (χ1) is 15.9. The van der Waals surface area contributed by atoms with E-state index in [0.29, 0.717) is 6.54 Å². The molecule has 174 valence electrons. The molecular weight excluding hydrogens is 418 g/mol. The van der Waals surface area contributed by atoms with Gasteiger partial charge >= 0.3 is 0 Å². The molecule has 1 aromatic carbocycles. The fourth-order valence-corrected chi connectivity index (χ4v) is 6.45. The maximum absolute atomic E-state index is 13.9. The summed E-state index contributed by atoms with van der Waals surface area (Å²) in [6.07, 6.45) is 9.87. The van der Waals surface area contributed by atoms with E-state index in [1.165, 1.54) is 0 Å². The predicted octanol–water partition coefficient (Wildman–Crippen LogP) is 2.06. The van der Waals surface area contributed by atoms with Crippen LogP contribution in [-0.4, -0.2) is 51.9 Å². The molecule has 6 rings (SSSR count). The van der Waals surface area contributed by atoms with E-state index >= 15 is 0 Å². The van der Waals surface area contributed by atoms with Gasteiger partial charge in [0.2, 0.25) is 17.7 Å². The van der Waals surface area contributed by atoms with Crippen molar-refractivity contribution < 1.29 is 19.1 Å². The van der Waals surface area contributed by atoms with Crippen molar-refractivity contribution >= 4 is 17.7 Å². The Balaban J connectivity index is 1.37. The maximum atomic E-state index is 13.9. The number of hydrogen-bond acceptors (Lipinski definition) is 4. The van der Waals surface area contributed by atoms with Gasteiger partial charge in [-0.2, -0.15) is 0 Å². The van der Waals surface area contributed by atoms with Crippen LogP contribution >= 0.6 is 0 Å². The van der Waals surface area contributed by atoms with Gasteiger partial charge < -0.3 is 20.3 Å². The second kappa shape index (κ2) is 7.42. The molecule has 2 aliphatic carbocycles. The Bertz CT molecular complexity index is 1020. The maximum Gasteiger partial charge on any atom is 0.246 e. The van der Waals surface area contributed by atoms with E-state index in [0.717, 1.165) is 44.1 Å². The zero-order valence-corrected chi connectivity index (χ0v) is 19.0. The molecule has 3 aliphatic heterocycles. The molecule has 1 aromatic rings. The van der Waals surface area contributed by atoms with Crippen LogP contribution in [-0.2, 0) is 25.7 Å². The Hall–Kier alpha value is -2.67. The van der Waals surface area contributed by atoms with Gasteiger partial charge in [-0.1, -0.05) is 55.3 Å². The fraction of sp³-hybridized carbons (Fsp3) is 0.577. The minimum absolute atomic E-state index is 0.133. The minimum Gasteiger partial charge on any atom is -0.356 e. The summed E-state index contributed by atoms with van der Waals surface area (Å²) in [6.45, 7) is 2.18. The largest absolute Gasteiger partial charge is 0.356 e. The van der Waals surface area contributed by atoms with Crippen LogP contribution in [0.1, 0.15) is 51.0 Å². The molecule has 0 unspecified atom stereocenters. The van der Waals surface area contributed by atoms with Crippen molar-refractivity contribution in [2.45, 2.75) is 81.3 Å². The first kappa shape index (κ1) is 20.9. The zero-order valence-electron chi connectivity index (χ0n) is 19.0. The van der Waals surface area contributed by atoms with Crippen molar-refractivity contribution in [3.05, 3.63) is 48.0 Å². The van der Waals surface area contributed by atoms with Gasteiger partial charge in [0, 0.05) is 18.6 Å². The van der Waals surface area contributed by atoms with E-state index in [9.17, 15) is 14.4 Å². The summed E-state index contributed by atoms with van der Waals surface area (Å²) >= 11 is 0. The fourth-order valence-electron chi connectivity index (χ4n) is 6.45. The molecule has 5 atom stereocenters. The number of likely N-dealkylation sites (tertiary alicyclic amines) is 1. The quantitative estimate of drug-likeness (QED) is 0.651. The van der Waals surface area contributed by atoms with Gasteiger partial charge in [-0.15, -0.1) is 0 Å². The van der Waals surface area contributed by atoms with Crippen LogP contribution in [0.3, 0.4) is 0 Å². The van der Waals surface area contributed by atoms with Crippen LogP contribution in [0, 0.1) is 11.8 Å². The number of rotatable bonds is 6. The van der Waals surface area contributed by atoms with Gasteiger partial charge in [0.05, 0.1) is 17.4 Å². The lowest BCUT2D eigenvalue weighted by molar-refractivity contribution is -0.145. The molecule has 2 saturated carbocycles. The number of ether oxygens (including phenoxy) is 1. The number of hydrogen-bond donors (Lipinski definition) is 2. The summed E-state index contributed by atoms with van der Waals surface area (Å²) in [5.41, 5.74) is -1.05. The molecular formula is C26H31N3O4.